The van der Waals surface area contributed by atoms with E-state index in [1.165, 1.54) is 4.90 Å². The predicted molar refractivity (Wildman–Crippen MR) is 74.9 cm³/mol. The van der Waals surface area contributed by atoms with Crippen molar-refractivity contribution in [2.24, 2.45) is 0 Å². The van der Waals surface area contributed by atoms with E-state index in [4.69, 9.17) is 9.47 Å². The van der Waals surface area contributed by atoms with Crippen LogP contribution in [0.2, 0.25) is 0 Å². The largest absolute Gasteiger partial charge is 0.349 e. The number of thioether (sulfide) groups is 1. The first-order valence-corrected chi connectivity index (χ1v) is 7.33. The van der Waals surface area contributed by atoms with Gasteiger partial charge in [0.15, 0.2) is 5.79 Å². The number of benzene rings is 1. The van der Waals surface area contributed by atoms with Crippen molar-refractivity contribution in [3.05, 3.63) is 30.3 Å². The maximum atomic E-state index is 5.60. The molecule has 2 rings (SSSR count). The Hall–Kier alpha value is -0.550. The molecular weight excluding hydrogens is 246 g/mol. The molecule has 1 saturated heterocycles. The molecule has 0 radical (unpaired) electrons. The van der Waals surface area contributed by atoms with Gasteiger partial charge in [0, 0.05) is 17.2 Å². The van der Waals surface area contributed by atoms with Crippen LogP contribution >= 0.6 is 11.8 Å². The lowest BCUT2D eigenvalue weighted by Gasteiger charge is -2.35. The molecule has 3 nitrogen and oxygen atoms in total. The van der Waals surface area contributed by atoms with Gasteiger partial charge >= 0.3 is 0 Å². The van der Waals surface area contributed by atoms with E-state index in [-0.39, 0.29) is 0 Å². The first-order valence-electron chi connectivity index (χ1n) is 6.35. The molecule has 0 spiro atoms. The molecule has 1 heterocycles. The van der Waals surface area contributed by atoms with Gasteiger partial charge < -0.3 is 14.8 Å². The van der Waals surface area contributed by atoms with Crippen LogP contribution in [0.5, 0.6) is 0 Å². The van der Waals surface area contributed by atoms with Crippen molar-refractivity contribution in [2.75, 3.05) is 25.5 Å². The van der Waals surface area contributed by atoms with E-state index in [1.807, 2.05) is 31.7 Å². The van der Waals surface area contributed by atoms with Crippen LogP contribution in [0.4, 0.5) is 0 Å². The maximum Gasteiger partial charge on any atom is 0.162 e. The van der Waals surface area contributed by atoms with Gasteiger partial charge in [-0.05, 0) is 26.0 Å². The van der Waals surface area contributed by atoms with Crippen LogP contribution in [0, 0.1) is 0 Å². The van der Waals surface area contributed by atoms with Crippen LogP contribution in [-0.2, 0) is 9.47 Å². The lowest BCUT2D eigenvalue weighted by molar-refractivity contribution is -0.252. The van der Waals surface area contributed by atoms with Gasteiger partial charge in [0.05, 0.1) is 19.3 Å². The normalized spacial score (nSPS) is 19.9. The van der Waals surface area contributed by atoms with Gasteiger partial charge in [0.1, 0.15) is 0 Å². The van der Waals surface area contributed by atoms with Gasteiger partial charge in [-0.25, -0.2) is 0 Å². The van der Waals surface area contributed by atoms with E-state index >= 15 is 0 Å². The fourth-order valence-corrected chi connectivity index (χ4v) is 2.56. The zero-order valence-electron chi connectivity index (χ0n) is 11.0. The quantitative estimate of drug-likeness (QED) is 0.656. The van der Waals surface area contributed by atoms with Gasteiger partial charge in [0.2, 0.25) is 0 Å². The minimum atomic E-state index is -0.420. The predicted octanol–water partition coefficient (Wildman–Crippen LogP) is 2.52. The summed E-state index contributed by atoms with van der Waals surface area (Å²) in [6, 6.07) is 10.8. The Morgan fingerprint density at radius 2 is 1.89 bits per heavy atom. The summed E-state index contributed by atoms with van der Waals surface area (Å²) in [5.41, 5.74) is 0. The van der Waals surface area contributed by atoms with E-state index < -0.39 is 5.79 Å². The fraction of sp³-hybridized carbons (Fsp3) is 0.571. The van der Waals surface area contributed by atoms with Crippen molar-refractivity contribution in [2.45, 2.75) is 30.6 Å². The van der Waals surface area contributed by atoms with Gasteiger partial charge in [-0.1, -0.05) is 18.2 Å². The number of rotatable bonds is 5. The van der Waals surface area contributed by atoms with Gasteiger partial charge in [-0.2, -0.15) is 0 Å². The van der Waals surface area contributed by atoms with E-state index in [2.05, 4.69) is 29.6 Å². The molecule has 0 aromatic heterocycles. The highest BCUT2D eigenvalue weighted by Crippen LogP contribution is 2.18. The summed E-state index contributed by atoms with van der Waals surface area (Å²) >= 11 is 1.86. The Kier molecular flexibility index (Phi) is 5.06. The minimum Gasteiger partial charge on any atom is -0.349 e. The Morgan fingerprint density at radius 3 is 2.56 bits per heavy atom. The molecule has 0 bridgehead atoms. The summed E-state index contributed by atoms with van der Waals surface area (Å²) in [6.45, 7) is 6.33. The number of hydrogen-bond donors (Lipinski definition) is 1. The number of ether oxygens (including phenoxy) is 2. The summed E-state index contributed by atoms with van der Waals surface area (Å²) in [5, 5.41) is 3.46. The summed E-state index contributed by atoms with van der Waals surface area (Å²) in [7, 11) is 0. The van der Waals surface area contributed by atoms with Crippen molar-refractivity contribution < 1.29 is 9.47 Å². The second-order valence-electron chi connectivity index (χ2n) is 4.83. The molecule has 1 N–H and O–H groups in total. The molecule has 0 saturated carbocycles. The van der Waals surface area contributed by atoms with E-state index in [1.54, 1.807) is 0 Å². The van der Waals surface area contributed by atoms with Gasteiger partial charge in [0.25, 0.3) is 0 Å². The Bertz CT molecular complexity index is 346. The second kappa shape index (κ2) is 6.57. The van der Waals surface area contributed by atoms with Crippen LogP contribution < -0.4 is 5.32 Å². The third-order valence-electron chi connectivity index (χ3n) is 2.81. The molecular formula is C14H21NO2S. The smallest absolute Gasteiger partial charge is 0.162 e. The SMILES string of the molecule is CC1(C)OCC(NCCSc2ccccc2)CO1. The highest BCUT2D eigenvalue weighted by molar-refractivity contribution is 7.99. The number of hydrogen-bond acceptors (Lipinski definition) is 4. The van der Waals surface area contributed by atoms with E-state index in [0.717, 1.165) is 25.5 Å². The first kappa shape index (κ1) is 13.9. The van der Waals surface area contributed by atoms with Gasteiger partial charge in [-0.3, -0.25) is 0 Å². The van der Waals surface area contributed by atoms with Crippen molar-refractivity contribution >= 4 is 11.8 Å². The minimum absolute atomic E-state index is 0.314. The molecule has 1 aliphatic heterocycles. The molecule has 4 heteroatoms. The Labute approximate surface area is 113 Å². The molecule has 100 valence electrons. The third-order valence-corrected chi connectivity index (χ3v) is 3.82. The molecule has 0 amide bonds. The maximum absolute atomic E-state index is 5.60. The molecule has 0 atom stereocenters. The lowest BCUT2D eigenvalue weighted by Crippen LogP contribution is -2.49. The average Bonchev–Trinajstić information content (AvgIpc) is 2.37. The standard InChI is InChI=1S/C14H21NO2S/c1-14(2)16-10-12(11-17-14)15-8-9-18-13-6-4-3-5-7-13/h3-7,12,15H,8-11H2,1-2H3. The lowest BCUT2D eigenvalue weighted by atomic mass is 10.2. The summed E-state index contributed by atoms with van der Waals surface area (Å²) in [6.07, 6.45) is 0. The average molecular weight is 267 g/mol. The van der Waals surface area contributed by atoms with Crippen molar-refractivity contribution in [3.8, 4) is 0 Å². The summed E-state index contributed by atoms with van der Waals surface area (Å²) in [5.74, 6) is 0.640. The van der Waals surface area contributed by atoms with Crippen LogP contribution in [0.3, 0.4) is 0 Å². The Morgan fingerprint density at radius 1 is 1.22 bits per heavy atom. The van der Waals surface area contributed by atoms with Crippen molar-refractivity contribution in [1.29, 1.82) is 0 Å². The van der Waals surface area contributed by atoms with Crippen LogP contribution in [0.25, 0.3) is 0 Å². The zero-order chi connectivity index (χ0) is 12.8. The van der Waals surface area contributed by atoms with Crippen molar-refractivity contribution in [3.63, 3.8) is 0 Å². The first-order chi connectivity index (χ1) is 8.66. The topological polar surface area (TPSA) is 30.5 Å². The summed E-state index contributed by atoms with van der Waals surface area (Å²) < 4.78 is 11.2. The summed E-state index contributed by atoms with van der Waals surface area (Å²) in [4.78, 5) is 1.32. The molecule has 1 aliphatic rings. The molecule has 1 aromatic rings. The Balaban J connectivity index is 1.59. The molecule has 0 unspecified atom stereocenters. The van der Waals surface area contributed by atoms with Gasteiger partial charge in [-0.15, -0.1) is 11.8 Å². The zero-order valence-corrected chi connectivity index (χ0v) is 11.8. The van der Waals surface area contributed by atoms with Crippen LogP contribution in [0.1, 0.15) is 13.8 Å². The second-order valence-corrected chi connectivity index (χ2v) is 6.00. The van der Waals surface area contributed by atoms with Crippen LogP contribution in [0.15, 0.2) is 35.2 Å². The van der Waals surface area contributed by atoms with E-state index in [0.29, 0.717) is 6.04 Å². The molecule has 1 fully saturated rings. The highest BCUT2D eigenvalue weighted by atomic mass is 32.2. The van der Waals surface area contributed by atoms with Crippen LogP contribution in [-0.4, -0.2) is 37.3 Å². The molecule has 18 heavy (non-hydrogen) atoms. The molecule has 0 aliphatic carbocycles. The number of nitrogens with one attached hydrogen (secondary N) is 1. The molecule has 1 aromatic carbocycles. The van der Waals surface area contributed by atoms with Crippen molar-refractivity contribution in [1.82, 2.24) is 5.32 Å². The monoisotopic (exact) mass is 267 g/mol. The third kappa shape index (κ3) is 4.61. The fourth-order valence-electron chi connectivity index (χ4n) is 1.76. The van der Waals surface area contributed by atoms with E-state index in [9.17, 15) is 0 Å². The highest BCUT2D eigenvalue weighted by Gasteiger charge is 2.27.